The smallest absolute Gasteiger partial charge is 0.413 e. The molecule has 0 aromatic heterocycles. The molecule has 0 aliphatic carbocycles. The van der Waals surface area contributed by atoms with E-state index < -0.39 is 24.6 Å². The van der Waals surface area contributed by atoms with Crippen LogP contribution in [0.5, 0.6) is 0 Å². The maximum absolute atomic E-state index is 11.6. The predicted octanol–water partition coefficient (Wildman–Crippen LogP) is 0.608. The molecule has 1 rings (SSSR count). The summed E-state index contributed by atoms with van der Waals surface area (Å²) < 4.78 is 9.22. The van der Waals surface area contributed by atoms with E-state index in [1.807, 2.05) is 5.32 Å². The number of aliphatic hydroxyl groups is 1. The molecule has 1 aromatic rings. The minimum absolute atomic E-state index is 0.128. The number of hydrogen-bond acceptors (Lipinski definition) is 6. The number of ether oxygens (including phenoxy) is 2. The van der Waals surface area contributed by atoms with Crippen LogP contribution in [0.1, 0.15) is 22.8 Å². The maximum atomic E-state index is 11.6. The summed E-state index contributed by atoms with van der Waals surface area (Å²) in [5, 5.41) is 10.8. The number of imide groups is 1. The van der Waals surface area contributed by atoms with Crippen LogP contribution in [0.2, 0.25) is 0 Å². The van der Waals surface area contributed by atoms with Gasteiger partial charge < -0.3 is 14.6 Å². The molecule has 1 aromatic carbocycles. The van der Waals surface area contributed by atoms with Crippen molar-refractivity contribution in [2.24, 2.45) is 0 Å². The molecule has 0 saturated carbocycles. The summed E-state index contributed by atoms with van der Waals surface area (Å²) in [5.74, 6) is -1.47. The fourth-order valence-electron chi connectivity index (χ4n) is 1.28. The number of aliphatic hydroxyl groups excluding tert-OH is 1. The number of carbonyl (C=O) groups is 3. The predicted molar refractivity (Wildman–Crippen MR) is 67.8 cm³/mol. The lowest BCUT2D eigenvalue weighted by atomic mass is 10.1. The second-order valence-corrected chi connectivity index (χ2v) is 3.70. The number of alkyl carbamates (subject to hydrolysis) is 1. The van der Waals surface area contributed by atoms with Gasteiger partial charge in [0.25, 0.3) is 5.91 Å². The van der Waals surface area contributed by atoms with E-state index in [4.69, 9.17) is 9.84 Å². The molecular formula is C13H15NO6. The summed E-state index contributed by atoms with van der Waals surface area (Å²) in [7, 11) is 0. The molecule has 0 atom stereocenters. The fourth-order valence-corrected chi connectivity index (χ4v) is 1.28. The summed E-state index contributed by atoms with van der Waals surface area (Å²) in [6.45, 7) is 1.02. The number of rotatable bonds is 5. The molecule has 0 spiro atoms. The van der Waals surface area contributed by atoms with Crippen molar-refractivity contribution >= 4 is 18.0 Å². The van der Waals surface area contributed by atoms with Crippen LogP contribution in [-0.4, -0.2) is 36.3 Å². The molecule has 7 nitrogen and oxygen atoms in total. The molecule has 20 heavy (non-hydrogen) atoms. The molecule has 7 heteroatoms. The first-order valence-corrected chi connectivity index (χ1v) is 5.90. The standard InChI is InChI=1S/C13H15NO6/c1-2-19-13(18)14-11(16)8-20-12(17)10-5-3-9(7-15)4-6-10/h3-6,15H,2,7-8H2,1H3,(H,14,16,18). The lowest BCUT2D eigenvalue weighted by Crippen LogP contribution is -2.34. The second-order valence-electron chi connectivity index (χ2n) is 3.70. The van der Waals surface area contributed by atoms with Gasteiger partial charge in [-0.05, 0) is 24.6 Å². The highest BCUT2D eigenvalue weighted by molar-refractivity contribution is 5.95. The number of carbonyl (C=O) groups excluding carboxylic acids is 3. The van der Waals surface area contributed by atoms with Crippen molar-refractivity contribution in [3.63, 3.8) is 0 Å². The summed E-state index contributed by atoms with van der Waals surface area (Å²) in [5.41, 5.74) is 0.896. The lowest BCUT2D eigenvalue weighted by molar-refractivity contribution is -0.123. The molecule has 0 heterocycles. The fraction of sp³-hybridized carbons (Fsp3) is 0.308. The van der Waals surface area contributed by atoms with E-state index in [1.54, 1.807) is 19.1 Å². The minimum Gasteiger partial charge on any atom is -0.452 e. The van der Waals surface area contributed by atoms with E-state index in [-0.39, 0.29) is 18.8 Å². The first-order chi connectivity index (χ1) is 9.56. The van der Waals surface area contributed by atoms with E-state index in [1.165, 1.54) is 12.1 Å². The van der Waals surface area contributed by atoms with Crippen LogP contribution in [0.3, 0.4) is 0 Å². The van der Waals surface area contributed by atoms with Gasteiger partial charge >= 0.3 is 12.1 Å². The monoisotopic (exact) mass is 281 g/mol. The number of nitrogens with one attached hydrogen (secondary N) is 1. The first kappa shape index (κ1) is 15.6. The Bertz CT molecular complexity index is 482. The molecule has 0 aliphatic heterocycles. The van der Waals surface area contributed by atoms with E-state index in [9.17, 15) is 14.4 Å². The Hall–Kier alpha value is -2.41. The summed E-state index contributed by atoms with van der Waals surface area (Å²) in [4.78, 5) is 33.7. The molecule has 0 bridgehead atoms. The molecule has 2 amide bonds. The van der Waals surface area contributed by atoms with Crippen molar-refractivity contribution in [1.29, 1.82) is 0 Å². The highest BCUT2D eigenvalue weighted by Crippen LogP contribution is 2.05. The molecule has 108 valence electrons. The second kappa shape index (κ2) is 7.90. The molecular weight excluding hydrogens is 266 g/mol. The van der Waals surface area contributed by atoms with Crippen LogP contribution in [0, 0.1) is 0 Å². The number of benzene rings is 1. The van der Waals surface area contributed by atoms with Crippen molar-refractivity contribution in [3.05, 3.63) is 35.4 Å². The number of hydrogen-bond donors (Lipinski definition) is 2. The van der Waals surface area contributed by atoms with Gasteiger partial charge in [0, 0.05) is 0 Å². The van der Waals surface area contributed by atoms with Crippen LogP contribution in [-0.2, 0) is 20.9 Å². The molecule has 0 radical (unpaired) electrons. The largest absolute Gasteiger partial charge is 0.452 e. The van der Waals surface area contributed by atoms with Crippen LogP contribution in [0.4, 0.5) is 4.79 Å². The Kier molecular flexibility index (Phi) is 6.18. The van der Waals surface area contributed by atoms with Gasteiger partial charge in [-0.3, -0.25) is 10.1 Å². The highest BCUT2D eigenvalue weighted by Gasteiger charge is 2.12. The van der Waals surface area contributed by atoms with Crippen molar-refractivity contribution < 1.29 is 29.0 Å². The zero-order valence-corrected chi connectivity index (χ0v) is 10.9. The summed E-state index contributed by atoms with van der Waals surface area (Å²) >= 11 is 0. The van der Waals surface area contributed by atoms with Crippen LogP contribution in [0.25, 0.3) is 0 Å². The third kappa shape index (κ3) is 5.07. The van der Waals surface area contributed by atoms with Crippen LogP contribution < -0.4 is 5.32 Å². The lowest BCUT2D eigenvalue weighted by Gasteiger charge is -2.06. The van der Waals surface area contributed by atoms with Crippen molar-refractivity contribution in [2.75, 3.05) is 13.2 Å². The summed E-state index contributed by atoms with van der Waals surface area (Å²) in [6, 6.07) is 6.07. The molecule has 0 aliphatic rings. The van der Waals surface area contributed by atoms with E-state index >= 15 is 0 Å². The maximum Gasteiger partial charge on any atom is 0.413 e. The normalized spacial score (nSPS) is 9.70. The van der Waals surface area contributed by atoms with Gasteiger partial charge in [-0.2, -0.15) is 0 Å². The van der Waals surface area contributed by atoms with Gasteiger partial charge in [0.1, 0.15) is 0 Å². The highest BCUT2D eigenvalue weighted by atomic mass is 16.6. The third-order valence-electron chi connectivity index (χ3n) is 2.22. The van der Waals surface area contributed by atoms with E-state index in [2.05, 4.69) is 4.74 Å². The Morgan fingerprint density at radius 1 is 1.15 bits per heavy atom. The van der Waals surface area contributed by atoms with Gasteiger partial charge in [-0.1, -0.05) is 12.1 Å². The Labute approximate surface area is 115 Å². The van der Waals surface area contributed by atoms with Crippen molar-refractivity contribution in [1.82, 2.24) is 5.32 Å². The zero-order chi connectivity index (χ0) is 15.0. The minimum atomic E-state index is -0.888. The Morgan fingerprint density at radius 3 is 2.35 bits per heavy atom. The van der Waals surface area contributed by atoms with Gasteiger partial charge in [0.2, 0.25) is 0 Å². The van der Waals surface area contributed by atoms with Crippen molar-refractivity contribution in [2.45, 2.75) is 13.5 Å². The molecule has 0 saturated heterocycles. The molecule has 0 fully saturated rings. The zero-order valence-electron chi connectivity index (χ0n) is 10.9. The number of amides is 2. The van der Waals surface area contributed by atoms with E-state index in [0.717, 1.165) is 0 Å². The van der Waals surface area contributed by atoms with Gasteiger partial charge in [0.15, 0.2) is 6.61 Å². The first-order valence-electron chi connectivity index (χ1n) is 5.90. The summed E-state index contributed by atoms with van der Waals surface area (Å²) in [6.07, 6.45) is -0.888. The molecule has 2 N–H and O–H groups in total. The third-order valence-corrected chi connectivity index (χ3v) is 2.22. The number of esters is 1. The van der Waals surface area contributed by atoms with E-state index in [0.29, 0.717) is 5.56 Å². The Morgan fingerprint density at radius 2 is 1.80 bits per heavy atom. The van der Waals surface area contributed by atoms with Crippen LogP contribution in [0.15, 0.2) is 24.3 Å². The van der Waals surface area contributed by atoms with Gasteiger partial charge in [0.05, 0.1) is 18.8 Å². The average molecular weight is 281 g/mol. The molecule has 0 unspecified atom stereocenters. The van der Waals surface area contributed by atoms with Crippen LogP contribution >= 0.6 is 0 Å². The Balaban J connectivity index is 2.42. The average Bonchev–Trinajstić information content (AvgIpc) is 2.45. The SMILES string of the molecule is CCOC(=O)NC(=O)COC(=O)c1ccc(CO)cc1. The van der Waals surface area contributed by atoms with Gasteiger partial charge in [-0.25, -0.2) is 9.59 Å². The van der Waals surface area contributed by atoms with Gasteiger partial charge in [-0.15, -0.1) is 0 Å². The topological polar surface area (TPSA) is 102 Å². The quantitative estimate of drug-likeness (QED) is 0.767. The van der Waals surface area contributed by atoms with Crippen molar-refractivity contribution in [3.8, 4) is 0 Å².